The molecule has 1 aromatic heterocycles. The molecular formula is C15H18F2N2O. The third-order valence-corrected chi connectivity index (χ3v) is 3.16. The molecule has 1 atom stereocenters. The van der Waals surface area contributed by atoms with Crippen LogP contribution in [-0.4, -0.2) is 25.5 Å². The van der Waals surface area contributed by atoms with Gasteiger partial charge >= 0.3 is 0 Å². The van der Waals surface area contributed by atoms with E-state index in [1.165, 1.54) is 12.1 Å². The summed E-state index contributed by atoms with van der Waals surface area (Å²) in [7, 11) is 3.90. The smallest absolute Gasteiger partial charge is 0.130 e. The quantitative estimate of drug-likeness (QED) is 0.882. The van der Waals surface area contributed by atoms with Crippen LogP contribution >= 0.6 is 0 Å². The Labute approximate surface area is 117 Å². The number of nitrogens with one attached hydrogen (secondary N) is 1. The Bertz CT molecular complexity index is 541. The van der Waals surface area contributed by atoms with Gasteiger partial charge in [-0.1, -0.05) is 6.07 Å². The standard InChI is InChI=1S/C15H18F2N2O/c1-19(2)14(15-4-3-7-20-15)10-18-9-11-5-6-12(16)8-13(11)17/h3-8,14,18H,9-10H2,1-2H3. The number of rotatable bonds is 6. The van der Waals surface area contributed by atoms with Crippen molar-refractivity contribution < 1.29 is 13.2 Å². The minimum atomic E-state index is -0.562. The predicted molar refractivity (Wildman–Crippen MR) is 73.2 cm³/mol. The van der Waals surface area contributed by atoms with Crippen molar-refractivity contribution in [3.63, 3.8) is 0 Å². The highest BCUT2D eigenvalue weighted by molar-refractivity contribution is 5.18. The first-order valence-electron chi connectivity index (χ1n) is 6.42. The number of benzene rings is 1. The van der Waals surface area contributed by atoms with E-state index in [2.05, 4.69) is 5.32 Å². The van der Waals surface area contributed by atoms with Crippen LogP contribution in [0.2, 0.25) is 0 Å². The Morgan fingerprint density at radius 2 is 2.05 bits per heavy atom. The molecule has 1 N–H and O–H groups in total. The molecule has 0 aliphatic carbocycles. The molecule has 0 amide bonds. The second-order valence-electron chi connectivity index (χ2n) is 4.86. The average molecular weight is 280 g/mol. The lowest BCUT2D eigenvalue weighted by atomic mass is 10.1. The fourth-order valence-corrected chi connectivity index (χ4v) is 2.03. The lowest BCUT2D eigenvalue weighted by Gasteiger charge is -2.22. The van der Waals surface area contributed by atoms with Crippen molar-refractivity contribution in [3.8, 4) is 0 Å². The Hall–Kier alpha value is -1.72. The lowest BCUT2D eigenvalue weighted by Crippen LogP contribution is -2.30. The molecule has 2 rings (SSSR count). The molecule has 0 aliphatic rings. The zero-order chi connectivity index (χ0) is 14.5. The van der Waals surface area contributed by atoms with Gasteiger partial charge in [0, 0.05) is 24.7 Å². The third kappa shape index (κ3) is 3.65. The number of likely N-dealkylation sites (N-methyl/N-ethyl adjacent to an activating group) is 1. The monoisotopic (exact) mass is 280 g/mol. The lowest BCUT2D eigenvalue weighted by molar-refractivity contribution is 0.250. The summed E-state index contributed by atoms with van der Waals surface area (Å²) in [5.74, 6) is -0.244. The average Bonchev–Trinajstić information content (AvgIpc) is 2.90. The van der Waals surface area contributed by atoms with Crippen molar-refractivity contribution in [1.82, 2.24) is 10.2 Å². The molecule has 1 aromatic carbocycles. The summed E-state index contributed by atoms with van der Waals surface area (Å²) < 4.78 is 31.7. The van der Waals surface area contributed by atoms with Gasteiger partial charge in [0.15, 0.2) is 0 Å². The van der Waals surface area contributed by atoms with E-state index in [9.17, 15) is 8.78 Å². The number of halogens is 2. The van der Waals surface area contributed by atoms with E-state index in [-0.39, 0.29) is 6.04 Å². The van der Waals surface area contributed by atoms with E-state index < -0.39 is 11.6 Å². The fourth-order valence-electron chi connectivity index (χ4n) is 2.03. The maximum absolute atomic E-state index is 13.5. The van der Waals surface area contributed by atoms with Gasteiger partial charge in [0.2, 0.25) is 0 Å². The normalized spacial score (nSPS) is 12.8. The van der Waals surface area contributed by atoms with E-state index >= 15 is 0 Å². The zero-order valence-corrected chi connectivity index (χ0v) is 11.6. The molecule has 1 heterocycles. The molecule has 0 saturated heterocycles. The minimum absolute atomic E-state index is 0.0634. The van der Waals surface area contributed by atoms with Crippen molar-refractivity contribution in [2.75, 3.05) is 20.6 Å². The second-order valence-corrected chi connectivity index (χ2v) is 4.86. The molecule has 0 aliphatic heterocycles. The highest BCUT2D eigenvalue weighted by Gasteiger charge is 2.16. The molecule has 0 bridgehead atoms. The largest absolute Gasteiger partial charge is 0.468 e. The van der Waals surface area contributed by atoms with Crippen molar-refractivity contribution in [3.05, 3.63) is 59.6 Å². The SMILES string of the molecule is CN(C)C(CNCc1ccc(F)cc1F)c1ccco1. The van der Waals surface area contributed by atoms with Gasteiger partial charge < -0.3 is 9.73 Å². The molecule has 0 fully saturated rings. The van der Waals surface area contributed by atoms with Crippen molar-refractivity contribution in [2.45, 2.75) is 12.6 Å². The van der Waals surface area contributed by atoms with Crippen molar-refractivity contribution in [1.29, 1.82) is 0 Å². The molecule has 0 spiro atoms. The van der Waals surface area contributed by atoms with Gasteiger partial charge in [-0.2, -0.15) is 0 Å². The summed E-state index contributed by atoms with van der Waals surface area (Å²) in [4.78, 5) is 2.02. The summed E-state index contributed by atoms with van der Waals surface area (Å²) in [5, 5.41) is 3.17. The molecule has 0 saturated carbocycles. The fraction of sp³-hybridized carbons (Fsp3) is 0.333. The van der Waals surface area contributed by atoms with E-state index in [4.69, 9.17) is 4.42 Å². The first-order chi connectivity index (χ1) is 9.58. The van der Waals surface area contributed by atoms with Crippen LogP contribution in [0.3, 0.4) is 0 Å². The first kappa shape index (κ1) is 14.7. The summed E-state index contributed by atoms with van der Waals surface area (Å²) in [6, 6.07) is 7.42. The highest BCUT2D eigenvalue weighted by Crippen LogP contribution is 2.18. The van der Waals surface area contributed by atoms with Crippen molar-refractivity contribution in [2.24, 2.45) is 0 Å². The van der Waals surface area contributed by atoms with Crippen LogP contribution in [-0.2, 0) is 6.54 Å². The van der Waals surface area contributed by atoms with Gasteiger partial charge in [-0.15, -0.1) is 0 Å². The molecule has 108 valence electrons. The molecule has 0 radical (unpaired) electrons. The molecule has 5 heteroatoms. The van der Waals surface area contributed by atoms with Gasteiger partial charge in [0.1, 0.15) is 17.4 Å². The van der Waals surface area contributed by atoms with E-state index in [1.807, 2.05) is 31.1 Å². The number of furan rings is 1. The number of hydrogen-bond donors (Lipinski definition) is 1. The second kappa shape index (κ2) is 6.63. The van der Waals surface area contributed by atoms with Crippen LogP contribution in [0.25, 0.3) is 0 Å². The number of hydrogen-bond acceptors (Lipinski definition) is 3. The summed E-state index contributed by atoms with van der Waals surface area (Å²) in [6.07, 6.45) is 1.63. The van der Waals surface area contributed by atoms with E-state index in [0.29, 0.717) is 18.7 Å². The van der Waals surface area contributed by atoms with Crippen LogP contribution in [0.1, 0.15) is 17.4 Å². The summed E-state index contributed by atoms with van der Waals surface area (Å²) >= 11 is 0. The molecule has 2 aromatic rings. The minimum Gasteiger partial charge on any atom is -0.468 e. The maximum atomic E-state index is 13.5. The Morgan fingerprint density at radius 3 is 2.65 bits per heavy atom. The van der Waals surface area contributed by atoms with E-state index in [1.54, 1.807) is 6.26 Å². The maximum Gasteiger partial charge on any atom is 0.130 e. The van der Waals surface area contributed by atoms with Crippen LogP contribution in [0, 0.1) is 11.6 Å². The first-order valence-corrected chi connectivity index (χ1v) is 6.42. The van der Waals surface area contributed by atoms with Gasteiger partial charge in [0.25, 0.3) is 0 Å². The van der Waals surface area contributed by atoms with E-state index in [0.717, 1.165) is 11.8 Å². The molecule has 3 nitrogen and oxygen atoms in total. The van der Waals surface area contributed by atoms with Crippen LogP contribution in [0.15, 0.2) is 41.0 Å². The third-order valence-electron chi connectivity index (χ3n) is 3.16. The predicted octanol–water partition coefficient (Wildman–Crippen LogP) is 2.95. The molecular weight excluding hydrogens is 262 g/mol. The Morgan fingerprint density at radius 1 is 1.25 bits per heavy atom. The summed E-state index contributed by atoms with van der Waals surface area (Å²) in [5.41, 5.74) is 0.448. The molecule has 20 heavy (non-hydrogen) atoms. The van der Waals surface area contributed by atoms with Crippen molar-refractivity contribution >= 4 is 0 Å². The molecule has 1 unspecified atom stereocenters. The van der Waals surface area contributed by atoms with Crippen LogP contribution < -0.4 is 5.32 Å². The van der Waals surface area contributed by atoms with Gasteiger partial charge in [-0.25, -0.2) is 8.78 Å². The topological polar surface area (TPSA) is 28.4 Å². The highest BCUT2D eigenvalue weighted by atomic mass is 19.1. The van der Waals surface area contributed by atoms with Gasteiger partial charge in [-0.3, -0.25) is 4.90 Å². The Balaban J connectivity index is 1.94. The number of nitrogens with zero attached hydrogens (tertiary/aromatic N) is 1. The van der Waals surface area contributed by atoms with Gasteiger partial charge in [-0.05, 0) is 32.3 Å². The van der Waals surface area contributed by atoms with Crippen LogP contribution in [0.5, 0.6) is 0 Å². The Kier molecular flexibility index (Phi) is 4.87. The van der Waals surface area contributed by atoms with Crippen LogP contribution in [0.4, 0.5) is 8.78 Å². The zero-order valence-electron chi connectivity index (χ0n) is 11.6. The van der Waals surface area contributed by atoms with Gasteiger partial charge in [0.05, 0.1) is 12.3 Å². The summed E-state index contributed by atoms with van der Waals surface area (Å²) in [6.45, 7) is 0.953.